The van der Waals surface area contributed by atoms with Crippen LogP contribution in [0.5, 0.6) is 5.75 Å². The van der Waals surface area contributed by atoms with Gasteiger partial charge in [-0.05, 0) is 36.1 Å². The molecule has 2 saturated heterocycles. The van der Waals surface area contributed by atoms with Crippen molar-refractivity contribution < 1.29 is 54.1 Å². The topological polar surface area (TPSA) is 172 Å². The normalized spacial score (nSPS) is 37.5. The van der Waals surface area contributed by atoms with Crippen LogP contribution in [0.25, 0.3) is 0 Å². The Morgan fingerprint density at radius 2 is 1.75 bits per heavy atom. The molecule has 216 valence electrons. The first-order valence-corrected chi connectivity index (χ1v) is 13.2. The molecule has 40 heavy (non-hydrogen) atoms. The van der Waals surface area contributed by atoms with Gasteiger partial charge in [0.05, 0.1) is 24.7 Å². The largest absolute Gasteiger partial charge is 0.508 e. The molecule has 0 bridgehead atoms. The van der Waals surface area contributed by atoms with Crippen molar-refractivity contribution in [3.05, 3.63) is 65.5 Å². The van der Waals surface area contributed by atoms with Crippen molar-refractivity contribution >= 4 is 11.9 Å². The van der Waals surface area contributed by atoms with Gasteiger partial charge in [-0.3, -0.25) is 4.79 Å². The number of aliphatic hydroxyl groups is 4. The second-order valence-electron chi connectivity index (χ2n) is 10.9. The molecule has 1 aromatic rings. The molecule has 1 aromatic carbocycles. The van der Waals surface area contributed by atoms with Gasteiger partial charge < -0.3 is 44.5 Å². The van der Waals surface area contributed by atoms with Gasteiger partial charge in [-0.2, -0.15) is 0 Å². The summed E-state index contributed by atoms with van der Waals surface area (Å²) < 4.78 is 23.2. The first-order valence-electron chi connectivity index (χ1n) is 13.2. The number of allylic oxidation sites excluding steroid dienone is 1. The summed E-state index contributed by atoms with van der Waals surface area (Å²) in [5, 5.41) is 49.7. The number of benzene rings is 1. The number of carbonyl (C=O) groups excluding carboxylic acids is 2. The van der Waals surface area contributed by atoms with Crippen LogP contribution in [0.4, 0.5) is 0 Å². The molecular weight excluding hydrogens is 524 g/mol. The number of esters is 2. The minimum absolute atomic E-state index is 0.0230. The lowest BCUT2D eigenvalue weighted by Gasteiger charge is -2.40. The maximum atomic E-state index is 12.9. The second-order valence-corrected chi connectivity index (χ2v) is 10.9. The number of phenolic OH excluding ortho intramolecular Hbond substituents is 1. The molecule has 2 aliphatic carbocycles. The van der Waals surface area contributed by atoms with Crippen molar-refractivity contribution in [2.24, 2.45) is 17.8 Å². The van der Waals surface area contributed by atoms with E-state index in [4.69, 9.17) is 18.9 Å². The molecule has 0 amide bonds. The van der Waals surface area contributed by atoms with E-state index >= 15 is 0 Å². The highest BCUT2D eigenvalue weighted by atomic mass is 16.7. The molecule has 5 rings (SSSR count). The first-order chi connectivity index (χ1) is 19.0. The Kier molecular flexibility index (Phi) is 7.77. The van der Waals surface area contributed by atoms with Crippen molar-refractivity contribution in [2.45, 2.75) is 69.1 Å². The summed E-state index contributed by atoms with van der Waals surface area (Å²) in [7, 11) is 0. The fourth-order valence-corrected chi connectivity index (χ4v) is 6.28. The summed E-state index contributed by atoms with van der Waals surface area (Å²) in [5.41, 5.74) is 2.35. The van der Waals surface area contributed by atoms with E-state index in [9.17, 15) is 35.1 Å². The third kappa shape index (κ3) is 5.04. The zero-order valence-electron chi connectivity index (χ0n) is 22.0. The summed E-state index contributed by atoms with van der Waals surface area (Å²) >= 11 is 0. The molecule has 3 fully saturated rings. The van der Waals surface area contributed by atoms with Gasteiger partial charge in [-0.1, -0.05) is 30.9 Å². The second kappa shape index (κ2) is 11.0. The molecule has 10 atom stereocenters. The highest BCUT2D eigenvalue weighted by Crippen LogP contribution is 2.53. The minimum Gasteiger partial charge on any atom is -0.508 e. The number of carbonyl (C=O) groups is 2. The van der Waals surface area contributed by atoms with Crippen molar-refractivity contribution in [3.8, 4) is 5.75 Å². The number of hydrogen-bond acceptors (Lipinski definition) is 11. The molecule has 1 saturated carbocycles. The Balaban J connectivity index is 1.37. The van der Waals surface area contributed by atoms with E-state index in [2.05, 4.69) is 13.2 Å². The van der Waals surface area contributed by atoms with Crippen LogP contribution in [0.3, 0.4) is 0 Å². The molecule has 5 N–H and O–H groups in total. The van der Waals surface area contributed by atoms with Gasteiger partial charge in [-0.15, -0.1) is 0 Å². The van der Waals surface area contributed by atoms with Gasteiger partial charge in [0.1, 0.15) is 42.4 Å². The van der Waals surface area contributed by atoms with E-state index in [0.717, 1.165) is 11.1 Å². The Labute approximate surface area is 230 Å². The summed E-state index contributed by atoms with van der Waals surface area (Å²) in [6.45, 7) is 9.41. The lowest BCUT2D eigenvalue weighted by atomic mass is 9.80. The number of phenols is 1. The maximum Gasteiger partial charge on any atom is 0.334 e. The summed E-state index contributed by atoms with van der Waals surface area (Å²) in [6, 6.07) is 6.22. The fourth-order valence-electron chi connectivity index (χ4n) is 6.28. The van der Waals surface area contributed by atoms with Gasteiger partial charge in [0.15, 0.2) is 0 Å². The van der Waals surface area contributed by atoms with Gasteiger partial charge in [0.25, 0.3) is 0 Å². The molecule has 4 aliphatic rings. The predicted octanol–water partition coefficient (Wildman–Crippen LogP) is 0.631. The van der Waals surface area contributed by atoms with E-state index in [1.165, 1.54) is 12.1 Å². The third-order valence-electron chi connectivity index (χ3n) is 8.46. The van der Waals surface area contributed by atoms with Crippen LogP contribution in [0.15, 0.2) is 59.9 Å². The Morgan fingerprint density at radius 1 is 1.05 bits per heavy atom. The lowest BCUT2D eigenvalue weighted by Crippen LogP contribution is -2.59. The highest BCUT2D eigenvalue weighted by molar-refractivity contribution is 5.91. The number of aliphatic hydroxyl groups excluding tert-OH is 4. The Bertz CT molecular complexity index is 1220. The van der Waals surface area contributed by atoms with Gasteiger partial charge in [-0.25, -0.2) is 4.79 Å². The molecule has 0 spiro atoms. The van der Waals surface area contributed by atoms with Crippen LogP contribution in [0, 0.1) is 17.8 Å². The van der Waals surface area contributed by atoms with Crippen LogP contribution in [0.2, 0.25) is 0 Å². The molecule has 11 heteroatoms. The summed E-state index contributed by atoms with van der Waals surface area (Å²) in [5.74, 6) is -1.77. The van der Waals surface area contributed by atoms with Gasteiger partial charge >= 0.3 is 11.9 Å². The van der Waals surface area contributed by atoms with Gasteiger partial charge in [0.2, 0.25) is 6.29 Å². The minimum atomic E-state index is -1.58. The molecule has 2 heterocycles. The maximum absolute atomic E-state index is 12.9. The van der Waals surface area contributed by atoms with Crippen LogP contribution in [0.1, 0.15) is 25.3 Å². The average molecular weight is 559 g/mol. The molecule has 2 aliphatic heterocycles. The number of hydrogen-bond donors (Lipinski definition) is 5. The molecular formula is C29H34O11. The number of rotatable bonds is 6. The van der Waals surface area contributed by atoms with Crippen molar-refractivity contribution in [1.29, 1.82) is 0 Å². The zero-order valence-corrected chi connectivity index (χ0v) is 22.0. The first kappa shape index (κ1) is 28.3. The standard InChI is InChI=1S/C29H34O11/c1-12-8-19(37-21(32)9-15-4-6-16(31)7-5-15)23-14(3)28(36)40-27(23)22-13(2)18(10-17(12)22)38-29-26(35)25(34)24(33)20(11-30)39-29/h4-7,17,19-20,22-27,29-31,33-35H,1,3,8-11H2,2H3/t17-,19+,20+,22-,23+,24+,25-,26+,27+,29+/m0/s1. The SMILES string of the molecule is C=C1C(=O)O[C@@H]2[C@H]3C(C)=C(O[C@@H]4O[C@H](CO)[C@@H](O)[C@H](O)[C@H]4O)C[C@H]3C(=C)C[C@@H](OC(=O)Cc3ccc(O)cc3)[C@@H]12. The molecule has 0 unspecified atom stereocenters. The summed E-state index contributed by atoms with van der Waals surface area (Å²) in [6.07, 6.45) is -7.99. The quantitative estimate of drug-likeness (QED) is 0.188. The monoisotopic (exact) mass is 558 g/mol. The Hall–Kier alpha value is -3.22. The third-order valence-corrected chi connectivity index (χ3v) is 8.46. The average Bonchev–Trinajstić information content (AvgIpc) is 3.36. The molecule has 0 radical (unpaired) electrons. The van der Waals surface area contributed by atoms with E-state index < -0.39 is 67.4 Å². The van der Waals surface area contributed by atoms with E-state index in [-0.39, 0.29) is 36.0 Å². The van der Waals surface area contributed by atoms with E-state index in [0.29, 0.717) is 17.7 Å². The predicted molar refractivity (Wildman–Crippen MR) is 137 cm³/mol. The van der Waals surface area contributed by atoms with Crippen LogP contribution in [-0.2, 0) is 35.0 Å². The van der Waals surface area contributed by atoms with Crippen molar-refractivity contribution in [1.82, 2.24) is 0 Å². The van der Waals surface area contributed by atoms with E-state index in [1.54, 1.807) is 19.1 Å². The van der Waals surface area contributed by atoms with E-state index in [1.807, 2.05) is 0 Å². The smallest absolute Gasteiger partial charge is 0.334 e. The summed E-state index contributed by atoms with van der Waals surface area (Å²) in [4.78, 5) is 25.6. The fraction of sp³-hybridized carbons (Fsp3) is 0.517. The van der Waals surface area contributed by atoms with Crippen LogP contribution in [-0.4, -0.2) is 87.0 Å². The highest BCUT2D eigenvalue weighted by Gasteiger charge is 2.56. The van der Waals surface area contributed by atoms with Gasteiger partial charge in [0, 0.05) is 24.3 Å². The number of aromatic hydroxyl groups is 1. The van der Waals surface area contributed by atoms with Crippen LogP contribution < -0.4 is 0 Å². The molecule has 0 aromatic heterocycles. The lowest BCUT2D eigenvalue weighted by molar-refractivity contribution is -0.292. The molecule has 11 nitrogen and oxygen atoms in total. The zero-order chi connectivity index (χ0) is 28.9. The number of fused-ring (bicyclic) bond motifs is 3. The Morgan fingerprint density at radius 3 is 2.42 bits per heavy atom. The number of ether oxygens (including phenoxy) is 4. The van der Waals surface area contributed by atoms with Crippen molar-refractivity contribution in [2.75, 3.05) is 6.61 Å². The van der Waals surface area contributed by atoms with Crippen molar-refractivity contribution in [3.63, 3.8) is 0 Å². The van der Waals surface area contributed by atoms with Crippen LogP contribution >= 0.6 is 0 Å².